The summed E-state index contributed by atoms with van der Waals surface area (Å²) in [6.07, 6.45) is 11.0. The minimum atomic E-state index is -3.60. The zero-order valence-corrected chi connectivity index (χ0v) is 19.2. The van der Waals surface area contributed by atoms with E-state index in [0.717, 1.165) is 22.1 Å². The van der Waals surface area contributed by atoms with Crippen molar-refractivity contribution in [3.8, 4) is 11.1 Å². The molecule has 2 aromatic heterocycles. The summed E-state index contributed by atoms with van der Waals surface area (Å²) in [4.78, 5) is 10.6. The molecule has 4 aromatic rings. The van der Waals surface area contributed by atoms with Gasteiger partial charge in [-0.05, 0) is 41.9 Å². The normalized spacial score (nSPS) is 12.1. The number of sulfonamides is 1. The lowest BCUT2D eigenvalue weighted by Crippen LogP contribution is -2.33. The molecule has 0 saturated carbocycles. The van der Waals surface area contributed by atoms with Crippen molar-refractivity contribution in [2.24, 2.45) is 0 Å². The van der Waals surface area contributed by atoms with Crippen LogP contribution in [0, 0.1) is 0 Å². The molecule has 0 amide bonds. The highest BCUT2D eigenvalue weighted by Gasteiger charge is 2.16. The standard InChI is InChI=1S/C26H26N4O2S/c1-30(17-4-5-21-9-11-22(12-10-21)23-7-3-14-27-19-23)18-16-29-33(31,32)26-8-2-6-24-20-28-15-13-25(24)26/h2-15,19-20,29H,16-18H2,1H3/b5-4+. The minimum absolute atomic E-state index is 0.277. The number of hydrogen-bond acceptors (Lipinski definition) is 5. The number of aromatic nitrogens is 2. The first-order valence-electron chi connectivity index (χ1n) is 10.7. The fourth-order valence-corrected chi connectivity index (χ4v) is 4.80. The predicted octanol–water partition coefficient (Wildman–Crippen LogP) is 4.22. The van der Waals surface area contributed by atoms with Crippen LogP contribution < -0.4 is 4.72 Å². The summed E-state index contributed by atoms with van der Waals surface area (Å²) < 4.78 is 28.3. The van der Waals surface area contributed by atoms with Crippen molar-refractivity contribution in [2.75, 3.05) is 26.7 Å². The number of benzene rings is 2. The average Bonchev–Trinajstić information content (AvgIpc) is 2.84. The molecule has 33 heavy (non-hydrogen) atoms. The van der Waals surface area contributed by atoms with Gasteiger partial charge in [-0.2, -0.15) is 0 Å². The van der Waals surface area contributed by atoms with Crippen molar-refractivity contribution in [2.45, 2.75) is 4.90 Å². The molecule has 0 bridgehead atoms. The Morgan fingerprint density at radius 3 is 2.52 bits per heavy atom. The fraction of sp³-hybridized carbons (Fsp3) is 0.154. The highest BCUT2D eigenvalue weighted by Crippen LogP contribution is 2.22. The Balaban J connectivity index is 1.28. The second kappa shape index (κ2) is 10.5. The van der Waals surface area contributed by atoms with Crippen LogP contribution in [-0.4, -0.2) is 50.0 Å². The summed E-state index contributed by atoms with van der Waals surface area (Å²) >= 11 is 0. The lowest BCUT2D eigenvalue weighted by molar-refractivity contribution is 0.375. The Bertz CT molecular complexity index is 1330. The first kappa shape index (κ1) is 22.8. The number of hydrogen-bond donors (Lipinski definition) is 1. The van der Waals surface area contributed by atoms with E-state index >= 15 is 0 Å². The Morgan fingerprint density at radius 1 is 0.909 bits per heavy atom. The minimum Gasteiger partial charge on any atom is -0.301 e. The Labute approximate surface area is 194 Å². The van der Waals surface area contributed by atoms with Crippen LogP contribution in [0.25, 0.3) is 28.0 Å². The van der Waals surface area contributed by atoms with E-state index in [1.54, 1.807) is 36.8 Å². The number of nitrogens with zero attached hydrogens (tertiary/aromatic N) is 3. The van der Waals surface area contributed by atoms with Crippen molar-refractivity contribution >= 4 is 26.9 Å². The van der Waals surface area contributed by atoms with Gasteiger partial charge in [0.2, 0.25) is 10.0 Å². The third-order valence-electron chi connectivity index (χ3n) is 5.35. The molecular formula is C26H26N4O2S. The maximum atomic E-state index is 12.8. The molecule has 0 radical (unpaired) electrons. The van der Waals surface area contributed by atoms with Crippen molar-refractivity contribution in [1.82, 2.24) is 19.6 Å². The summed E-state index contributed by atoms with van der Waals surface area (Å²) in [5.41, 5.74) is 3.34. The topological polar surface area (TPSA) is 75.2 Å². The Kier molecular flexibility index (Phi) is 7.24. The van der Waals surface area contributed by atoms with E-state index in [4.69, 9.17) is 0 Å². The summed E-state index contributed by atoms with van der Waals surface area (Å²) in [5.74, 6) is 0. The SMILES string of the molecule is CN(C/C=C/c1ccc(-c2cccnc2)cc1)CCNS(=O)(=O)c1cccc2cnccc12. The first-order valence-corrected chi connectivity index (χ1v) is 12.2. The van der Waals surface area contributed by atoms with Gasteiger partial charge in [-0.1, -0.05) is 54.6 Å². The summed E-state index contributed by atoms with van der Waals surface area (Å²) in [7, 11) is -1.63. The van der Waals surface area contributed by atoms with Gasteiger partial charge in [0.25, 0.3) is 0 Å². The van der Waals surface area contributed by atoms with Crippen LogP contribution in [0.4, 0.5) is 0 Å². The van der Waals surface area contributed by atoms with Gasteiger partial charge in [0.05, 0.1) is 4.90 Å². The summed E-state index contributed by atoms with van der Waals surface area (Å²) in [6, 6.07) is 19.2. The van der Waals surface area contributed by atoms with E-state index in [1.807, 2.05) is 31.4 Å². The van der Waals surface area contributed by atoms with Crippen LogP contribution >= 0.6 is 0 Å². The average molecular weight is 459 g/mol. The third kappa shape index (κ3) is 5.90. The number of pyridine rings is 2. The molecule has 0 spiro atoms. The molecule has 4 rings (SSSR count). The number of nitrogens with one attached hydrogen (secondary N) is 1. The molecule has 1 N–H and O–H groups in total. The molecule has 0 aliphatic rings. The highest BCUT2D eigenvalue weighted by molar-refractivity contribution is 7.89. The van der Waals surface area contributed by atoms with Crippen LogP contribution in [0.3, 0.4) is 0 Å². The molecule has 168 valence electrons. The molecule has 2 heterocycles. The summed E-state index contributed by atoms with van der Waals surface area (Å²) in [6.45, 7) is 1.63. The zero-order chi connectivity index (χ0) is 23.1. The van der Waals surface area contributed by atoms with E-state index in [-0.39, 0.29) is 4.90 Å². The van der Waals surface area contributed by atoms with Crippen molar-refractivity contribution in [3.05, 3.63) is 97.1 Å². The zero-order valence-electron chi connectivity index (χ0n) is 18.4. The second-order valence-corrected chi connectivity index (χ2v) is 9.51. The molecule has 0 unspecified atom stereocenters. The van der Waals surface area contributed by atoms with Crippen LogP contribution in [0.1, 0.15) is 5.56 Å². The van der Waals surface area contributed by atoms with Crippen LogP contribution in [-0.2, 0) is 10.0 Å². The lowest BCUT2D eigenvalue weighted by atomic mass is 10.1. The Hall–Kier alpha value is -3.39. The van der Waals surface area contributed by atoms with E-state index in [2.05, 4.69) is 56.0 Å². The van der Waals surface area contributed by atoms with Crippen molar-refractivity contribution in [3.63, 3.8) is 0 Å². The molecule has 0 aliphatic carbocycles. The van der Waals surface area contributed by atoms with E-state index < -0.39 is 10.0 Å². The molecule has 0 fully saturated rings. The molecular weight excluding hydrogens is 432 g/mol. The molecule has 0 atom stereocenters. The largest absolute Gasteiger partial charge is 0.301 e. The van der Waals surface area contributed by atoms with Crippen molar-refractivity contribution in [1.29, 1.82) is 0 Å². The Morgan fingerprint density at radius 2 is 1.73 bits per heavy atom. The first-order chi connectivity index (χ1) is 16.0. The third-order valence-corrected chi connectivity index (χ3v) is 6.87. The molecule has 2 aromatic carbocycles. The maximum absolute atomic E-state index is 12.8. The van der Waals surface area contributed by atoms with Gasteiger partial charge in [0.1, 0.15) is 0 Å². The molecule has 0 aliphatic heterocycles. The monoisotopic (exact) mass is 458 g/mol. The van der Waals surface area contributed by atoms with Crippen LogP contribution in [0.2, 0.25) is 0 Å². The van der Waals surface area contributed by atoms with Crippen LogP contribution in [0.5, 0.6) is 0 Å². The predicted molar refractivity (Wildman–Crippen MR) is 133 cm³/mol. The lowest BCUT2D eigenvalue weighted by Gasteiger charge is -2.15. The number of likely N-dealkylation sites (N-methyl/N-ethyl adjacent to an activating group) is 1. The van der Waals surface area contributed by atoms with E-state index in [0.29, 0.717) is 25.0 Å². The van der Waals surface area contributed by atoms with Crippen LogP contribution in [0.15, 0.2) is 96.4 Å². The van der Waals surface area contributed by atoms with Gasteiger partial charge in [0.15, 0.2) is 0 Å². The quantitative estimate of drug-likeness (QED) is 0.406. The summed E-state index contributed by atoms with van der Waals surface area (Å²) in [5, 5.41) is 1.47. The van der Waals surface area contributed by atoms with Gasteiger partial charge >= 0.3 is 0 Å². The molecule has 7 heteroatoms. The molecule has 0 saturated heterocycles. The van der Waals surface area contributed by atoms with E-state index in [1.165, 1.54) is 0 Å². The highest BCUT2D eigenvalue weighted by atomic mass is 32.2. The number of rotatable bonds is 9. The van der Waals surface area contributed by atoms with Gasteiger partial charge in [0, 0.05) is 55.2 Å². The smallest absolute Gasteiger partial charge is 0.241 e. The fourth-order valence-electron chi connectivity index (χ4n) is 3.56. The van der Waals surface area contributed by atoms with Gasteiger partial charge in [-0.25, -0.2) is 13.1 Å². The molecule has 6 nitrogen and oxygen atoms in total. The number of fused-ring (bicyclic) bond motifs is 1. The maximum Gasteiger partial charge on any atom is 0.241 e. The second-order valence-electron chi connectivity index (χ2n) is 7.78. The van der Waals surface area contributed by atoms with Crippen molar-refractivity contribution < 1.29 is 8.42 Å². The van der Waals surface area contributed by atoms with E-state index in [9.17, 15) is 8.42 Å². The van der Waals surface area contributed by atoms with Gasteiger partial charge in [-0.3, -0.25) is 9.97 Å². The van der Waals surface area contributed by atoms with Gasteiger partial charge in [-0.15, -0.1) is 0 Å². The van der Waals surface area contributed by atoms with Gasteiger partial charge < -0.3 is 4.90 Å².